The third-order valence-corrected chi connectivity index (χ3v) is 13.7. The zero-order chi connectivity index (χ0) is 42.0. The van der Waals surface area contributed by atoms with Gasteiger partial charge in [0.15, 0.2) is 0 Å². The van der Waals surface area contributed by atoms with Gasteiger partial charge in [-0.05, 0) is 75.6 Å². The fourth-order valence-electron chi connectivity index (χ4n) is 8.86. The van der Waals surface area contributed by atoms with E-state index in [1.54, 1.807) is 30.3 Å². The van der Waals surface area contributed by atoms with Gasteiger partial charge in [-0.1, -0.05) is 56.0 Å². The van der Waals surface area contributed by atoms with E-state index in [0.717, 1.165) is 38.5 Å². The molecular weight excluding hydrogens is 784 g/mol. The molecule has 0 unspecified atom stereocenters. The van der Waals surface area contributed by atoms with E-state index < -0.39 is 81.0 Å². The Morgan fingerprint density at radius 2 is 1.73 bits per heavy atom. The fourth-order valence-corrected chi connectivity index (χ4v) is 10.1. The lowest BCUT2D eigenvalue weighted by atomic mass is 10.0. The summed E-state index contributed by atoms with van der Waals surface area (Å²) in [6.45, 7) is 6.00. The molecule has 17 heteroatoms. The van der Waals surface area contributed by atoms with Gasteiger partial charge in [0.2, 0.25) is 11.8 Å². The highest BCUT2D eigenvalue weighted by atomic mass is 32.2. The Morgan fingerprint density at radius 1 is 0.983 bits per heavy atom. The zero-order valence-electron chi connectivity index (χ0n) is 33.3. The van der Waals surface area contributed by atoms with Gasteiger partial charge in [0.05, 0.1) is 18.8 Å². The summed E-state index contributed by atoms with van der Waals surface area (Å²) in [6.07, 6.45) is 5.88. The van der Waals surface area contributed by atoms with Crippen LogP contribution in [0.1, 0.15) is 95.1 Å². The Labute approximate surface area is 343 Å². The highest BCUT2D eigenvalue weighted by Gasteiger charge is 2.61. The summed E-state index contributed by atoms with van der Waals surface area (Å²) in [5.74, 6) is -3.42. The molecule has 3 fully saturated rings. The molecule has 318 valence electrons. The van der Waals surface area contributed by atoms with Crippen molar-refractivity contribution in [3.05, 3.63) is 72.1 Å². The first kappa shape index (κ1) is 42.0. The lowest BCUT2D eigenvalue weighted by molar-refractivity contribution is -0.141. The first-order chi connectivity index (χ1) is 28.2. The van der Waals surface area contributed by atoms with Gasteiger partial charge in [-0.25, -0.2) is 27.1 Å². The molecule has 3 aliphatic heterocycles. The molecule has 1 spiro atoms. The van der Waals surface area contributed by atoms with E-state index in [1.807, 2.05) is 6.92 Å². The molecule has 1 saturated heterocycles. The van der Waals surface area contributed by atoms with Gasteiger partial charge in [0.1, 0.15) is 40.0 Å². The number of nitrogens with one attached hydrogen (secondary N) is 4. The smallest absolute Gasteiger partial charge is 0.410 e. The number of anilines is 1. The minimum absolute atomic E-state index is 0.0167. The molecule has 2 aliphatic carbocycles. The molecule has 0 radical (unpaired) electrons. The molecule has 5 amide bonds. The maximum absolute atomic E-state index is 14.6. The predicted molar refractivity (Wildman–Crippen MR) is 213 cm³/mol. The van der Waals surface area contributed by atoms with Crippen LogP contribution in [0.4, 0.5) is 19.7 Å². The third-order valence-electron chi connectivity index (χ3n) is 12.3. The number of carbonyl (C=O) groups is 5. The van der Waals surface area contributed by atoms with Crippen LogP contribution in [0.25, 0.3) is 0 Å². The number of hydrogen-bond acceptors (Lipinski definition) is 10. The van der Waals surface area contributed by atoms with Crippen molar-refractivity contribution < 1.29 is 46.3 Å². The second-order valence-corrected chi connectivity index (χ2v) is 18.3. The van der Waals surface area contributed by atoms with Crippen molar-refractivity contribution >= 4 is 45.6 Å². The first-order valence-electron chi connectivity index (χ1n) is 20.6. The summed E-state index contributed by atoms with van der Waals surface area (Å²) >= 11 is 0. The Balaban J connectivity index is 1.16. The minimum atomic E-state index is -4.42. The lowest BCUT2D eigenvalue weighted by Gasteiger charge is -2.31. The van der Waals surface area contributed by atoms with E-state index >= 15 is 0 Å². The van der Waals surface area contributed by atoms with E-state index in [2.05, 4.69) is 27.3 Å². The number of fused-ring (bicyclic) bond motifs is 3. The van der Waals surface area contributed by atoms with Gasteiger partial charge in [-0.3, -0.25) is 19.3 Å². The summed E-state index contributed by atoms with van der Waals surface area (Å²) in [5.41, 5.74) is -1.03. The molecule has 5 aliphatic rings. The summed E-state index contributed by atoms with van der Waals surface area (Å²) in [6, 6.07) is 8.47. The van der Waals surface area contributed by atoms with E-state index in [-0.39, 0.29) is 43.8 Å². The molecule has 5 atom stereocenters. The van der Waals surface area contributed by atoms with E-state index in [1.165, 1.54) is 28.0 Å². The summed E-state index contributed by atoms with van der Waals surface area (Å²) in [4.78, 5) is 72.4. The average Bonchev–Trinajstić information content (AvgIpc) is 3.52. The normalized spacial score (nSPS) is 28.2. The monoisotopic (exact) mass is 836 g/mol. The predicted octanol–water partition coefficient (Wildman–Crippen LogP) is 5.01. The van der Waals surface area contributed by atoms with Crippen LogP contribution in [-0.2, 0) is 47.0 Å². The SMILES string of the molecule is C=C[C@@H]1C[C@@]12NC(=O)[C@@H]1C[C@@H](OC(=O)N3Cc4cccc(F)c4C3)CN1C(=O)[C@@H](NC(=O)OC1(C)CCCC1)CCCCCCCNc1ccccc1S(=O)(=O)NC2=O. The second-order valence-electron chi connectivity index (χ2n) is 16.6. The third kappa shape index (κ3) is 9.19. The van der Waals surface area contributed by atoms with Crippen LogP contribution in [0.2, 0.25) is 0 Å². The maximum Gasteiger partial charge on any atom is 0.410 e. The van der Waals surface area contributed by atoms with Gasteiger partial charge in [-0.2, -0.15) is 0 Å². The molecule has 2 saturated carbocycles. The summed E-state index contributed by atoms with van der Waals surface area (Å²) in [5, 5.41) is 8.70. The number of amides is 5. The number of rotatable bonds is 4. The summed E-state index contributed by atoms with van der Waals surface area (Å²) in [7, 11) is -4.42. The van der Waals surface area contributed by atoms with Gasteiger partial charge < -0.3 is 30.3 Å². The zero-order valence-corrected chi connectivity index (χ0v) is 34.1. The lowest BCUT2D eigenvalue weighted by Crippen LogP contribution is -2.58. The van der Waals surface area contributed by atoms with Gasteiger partial charge >= 0.3 is 12.2 Å². The Bertz CT molecular complexity index is 2090. The Hall–Kier alpha value is -5.19. The molecule has 0 aromatic heterocycles. The number of sulfonamides is 1. The van der Waals surface area contributed by atoms with Crippen LogP contribution in [-0.4, -0.2) is 90.5 Å². The molecule has 2 aromatic carbocycles. The van der Waals surface area contributed by atoms with Crippen molar-refractivity contribution in [1.82, 2.24) is 25.2 Å². The summed E-state index contributed by atoms with van der Waals surface area (Å²) < 4.78 is 55.8. The number of ether oxygens (including phenoxy) is 2. The van der Waals surface area contributed by atoms with Gasteiger partial charge in [0.25, 0.3) is 15.9 Å². The number of hydrogen-bond donors (Lipinski definition) is 4. The number of halogens is 1. The van der Waals surface area contributed by atoms with Crippen molar-refractivity contribution in [2.45, 2.75) is 131 Å². The molecule has 0 bridgehead atoms. The maximum atomic E-state index is 14.6. The Kier molecular flexibility index (Phi) is 12.2. The fraction of sp³-hybridized carbons (Fsp3) is 0.548. The quantitative estimate of drug-likeness (QED) is 0.305. The topological polar surface area (TPSA) is 193 Å². The molecule has 4 N–H and O–H groups in total. The number of nitrogens with zero attached hydrogens (tertiary/aromatic N) is 2. The van der Waals surface area contributed by atoms with Crippen LogP contribution in [0.5, 0.6) is 0 Å². The van der Waals surface area contributed by atoms with E-state index in [9.17, 15) is 36.8 Å². The average molecular weight is 837 g/mol. The largest absolute Gasteiger partial charge is 0.444 e. The molecule has 15 nitrogen and oxygen atoms in total. The minimum Gasteiger partial charge on any atom is -0.444 e. The molecular formula is C42H53FN6O9S. The molecule has 3 heterocycles. The van der Waals surface area contributed by atoms with Crippen molar-refractivity contribution in [1.29, 1.82) is 0 Å². The second kappa shape index (κ2) is 17.2. The van der Waals surface area contributed by atoms with Crippen LogP contribution >= 0.6 is 0 Å². The van der Waals surface area contributed by atoms with Gasteiger partial charge in [-0.15, -0.1) is 6.58 Å². The standard InChI is InChI=1S/C42H53FN6O9S/c1-3-28-23-42(28)38(52)47-59(55,56)35-18-9-8-16-32(35)44-21-12-6-4-5-7-17-33(45-39(53)58-41(2)19-10-11-20-41)37(51)49-25-29(22-34(49)36(50)46-42)57-40(54)48-24-27-14-13-15-31(43)30(27)26-48/h3,8-9,13-16,18,28-29,33-34,44H,1,4-7,10-12,17,19-26H2,2H3,(H,45,53)(H,46,50)(H,47,52)/t28-,29-,33+,34+,42-/m1/s1. The molecule has 7 rings (SSSR count). The van der Waals surface area contributed by atoms with E-state index in [0.29, 0.717) is 42.6 Å². The van der Waals surface area contributed by atoms with Crippen LogP contribution in [0.15, 0.2) is 60.0 Å². The van der Waals surface area contributed by atoms with Crippen molar-refractivity contribution in [3.8, 4) is 0 Å². The Morgan fingerprint density at radius 3 is 2.47 bits per heavy atom. The van der Waals surface area contributed by atoms with E-state index in [4.69, 9.17) is 9.47 Å². The van der Waals surface area contributed by atoms with Crippen molar-refractivity contribution in [3.63, 3.8) is 0 Å². The highest BCUT2D eigenvalue weighted by molar-refractivity contribution is 7.90. The first-order valence-corrected chi connectivity index (χ1v) is 22.1. The number of para-hydroxylation sites is 1. The van der Waals surface area contributed by atoms with Crippen LogP contribution in [0, 0.1) is 11.7 Å². The molecule has 2 aromatic rings. The highest BCUT2D eigenvalue weighted by Crippen LogP contribution is 2.45. The number of carbonyl (C=O) groups excluding carboxylic acids is 5. The molecule has 59 heavy (non-hydrogen) atoms. The number of benzene rings is 2. The van der Waals surface area contributed by atoms with Crippen molar-refractivity contribution in [2.24, 2.45) is 5.92 Å². The van der Waals surface area contributed by atoms with Crippen molar-refractivity contribution in [2.75, 3.05) is 18.4 Å². The van der Waals surface area contributed by atoms with Crippen LogP contribution < -0.4 is 20.7 Å². The van der Waals surface area contributed by atoms with Gasteiger partial charge in [0, 0.05) is 31.0 Å². The van der Waals surface area contributed by atoms with Crippen LogP contribution in [0.3, 0.4) is 0 Å². The number of alkyl carbamates (subject to hydrolysis) is 1.